The maximum absolute atomic E-state index is 13.5. The Kier molecular flexibility index (Phi) is 5.22. The van der Waals surface area contributed by atoms with Crippen LogP contribution in [-0.2, 0) is 18.4 Å². The predicted octanol–water partition coefficient (Wildman–Crippen LogP) is 2.83. The molecule has 0 radical (unpaired) electrons. The molecule has 0 fully saturated rings. The lowest BCUT2D eigenvalue weighted by Crippen LogP contribution is -2.43. The van der Waals surface area contributed by atoms with Gasteiger partial charge in [-0.05, 0) is 36.6 Å². The standard InChI is InChI=1S/C23H24N4O4/c1-4-16(10-20(28)29)27-22(30)17-8-9-24-11-19(17)26(23(27)31)13-15-12-25(3)18-7-5-6-14(2)21(15)18/h5-9,11-12,16H,4,10,13H2,1-3H3,(H,28,29)/t16-/m1/s1. The molecule has 1 aromatic carbocycles. The molecular formula is C23H24N4O4. The van der Waals surface area contributed by atoms with Crippen molar-refractivity contribution in [3.8, 4) is 0 Å². The van der Waals surface area contributed by atoms with Gasteiger partial charge in [-0.1, -0.05) is 19.1 Å². The number of aryl methyl sites for hydroxylation is 2. The van der Waals surface area contributed by atoms with E-state index in [0.717, 1.165) is 26.6 Å². The fourth-order valence-corrected chi connectivity index (χ4v) is 4.35. The molecular weight excluding hydrogens is 396 g/mol. The molecule has 0 aliphatic heterocycles. The zero-order valence-electron chi connectivity index (χ0n) is 17.7. The molecule has 31 heavy (non-hydrogen) atoms. The number of carboxylic acids is 1. The number of benzene rings is 1. The van der Waals surface area contributed by atoms with Gasteiger partial charge in [-0.3, -0.25) is 23.7 Å². The molecule has 4 aromatic rings. The number of rotatable bonds is 6. The van der Waals surface area contributed by atoms with Crippen molar-refractivity contribution < 1.29 is 9.90 Å². The summed E-state index contributed by atoms with van der Waals surface area (Å²) in [5.41, 5.74) is 2.51. The van der Waals surface area contributed by atoms with Gasteiger partial charge in [0.15, 0.2) is 0 Å². The molecule has 3 heterocycles. The van der Waals surface area contributed by atoms with Gasteiger partial charge in [-0.15, -0.1) is 0 Å². The minimum Gasteiger partial charge on any atom is -0.481 e. The van der Waals surface area contributed by atoms with Crippen molar-refractivity contribution in [3.05, 3.63) is 74.8 Å². The maximum atomic E-state index is 13.5. The number of hydrogen-bond donors (Lipinski definition) is 1. The average Bonchev–Trinajstić information content (AvgIpc) is 3.06. The van der Waals surface area contributed by atoms with Gasteiger partial charge in [-0.2, -0.15) is 0 Å². The second-order valence-electron chi connectivity index (χ2n) is 7.83. The quantitative estimate of drug-likeness (QED) is 0.517. The molecule has 0 bridgehead atoms. The highest BCUT2D eigenvalue weighted by Gasteiger charge is 2.22. The van der Waals surface area contributed by atoms with Crippen LogP contribution in [0.5, 0.6) is 0 Å². The van der Waals surface area contributed by atoms with E-state index < -0.39 is 23.3 Å². The van der Waals surface area contributed by atoms with E-state index in [1.807, 2.05) is 42.9 Å². The lowest BCUT2D eigenvalue weighted by molar-refractivity contribution is -0.138. The van der Waals surface area contributed by atoms with Crippen LogP contribution in [-0.4, -0.2) is 29.8 Å². The molecule has 8 heteroatoms. The fourth-order valence-electron chi connectivity index (χ4n) is 4.35. The van der Waals surface area contributed by atoms with E-state index in [1.54, 1.807) is 13.0 Å². The first-order valence-electron chi connectivity index (χ1n) is 10.2. The van der Waals surface area contributed by atoms with Crippen LogP contribution in [0.2, 0.25) is 0 Å². The third kappa shape index (κ3) is 3.43. The van der Waals surface area contributed by atoms with Crippen LogP contribution in [0.3, 0.4) is 0 Å². The van der Waals surface area contributed by atoms with E-state index in [0.29, 0.717) is 17.3 Å². The van der Waals surface area contributed by atoms with E-state index >= 15 is 0 Å². The van der Waals surface area contributed by atoms with Crippen LogP contribution < -0.4 is 11.2 Å². The van der Waals surface area contributed by atoms with Crippen molar-refractivity contribution in [2.75, 3.05) is 0 Å². The summed E-state index contributed by atoms with van der Waals surface area (Å²) in [5, 5.41) is 10.7. The molecule has 8 nitrogen and oxygen atoms in total. The van der Waals surface area contributed by atoms with Gasteiger partial charge in [-0.25, -0.2) is 4.79 Å². The Balaban J connectivity index is 2.00. The summed E-state index contributed by atoms with van der Waals surface area (Å²) in [5.74, 6) is -1.05. The molecule has 0 aliphatic carbocycles. The van der Waals surface area contributed by atoms with Crippen LogP contribution in [0.1, 0.15) is 36.9 Å². The number of hydrogen-bond acceptors (Lipinski definition) is 4. The molecule has 0 saturated carbocycles. The Morgan fingerprint density at radius 2 is 1.97 bits per heavy atom. The van der Waals surface area contributed by atoms with Crippen LogP contribution in [0, 0.1) is 6.92 Å². The number of nitrogens with zero attached hydrogens (tertiary/aromatic N) is 4. The van der Waals surface area contributed by atoms with Gasteiger partial charge in [0.1, 0.15) is 0 Å². The second-order valence-corrected chi connectivity index (χ2v) is 7.83. The van der Waals surface area contributed by atoms with Gasteiger partial charge in [0.2, 0.25) is 0 Å². The molecule has 4 rings (SSSR count). The Hall–Kier alpha value is -3.68. The molecule has 0 amide bonds. The van der Waals surface area contributed by atoms with Gasteiger partial charge in [0.05, 0.1) is 36.1 Å². The van der Waals surface area contributed by atoms with Crippen molar-refractivity contribution in [3.63, 3.8) is 0 Å². The van der Waals surface area contributed by atoms with E-state index in [-0.39, 0.29) is 13.0 Å². The summed E-state index contributed by atoms with van der Waals surface area (Å²) in [7, 11) is 1.95. The van der Waals surface area contributed by atoms with E-state index in [4.69, 9.17) is 0 Å². The van der Waals surface area contributed by atoms with Crippen LogP contribution in [0.25, 0.3) is 21.8 Å². The van der Waals surface area contributed by atoms with Crippen molar-refractivity contribution >= 4 is 27.8 Å². The van der Waals surface area contributed by atoms with Gasteiger partial charge < -0.3 is 9.67 Å². The van der Waals surface area contributed by atoms with Crippen molar-refractivity contribution in [2.45, 2.75) is 39.3 Å². The average molecular weight is 420 g/mol. The smallest absolute Gasteiger partial charge is 0.332 e. The first kappa shape index (κ1) is 20.6. The summed E-state index contributed by atoms with van der Waals surface area (Å²) >= 11 is 0. The van der Waals surface area contributed by atoms with Crippen molar-refractivity contribution in [1.82, 2.24) is 18.7 Å². The molecule has 0 aliphatic rings. The van der Waals surface area contributed by atoms with Crippen molar-refractivity contribution in [2.24, 2.45) is 7.05 Å². The minimum atomic E-state index is -1.05. The summed E-state index contributed by atoms with van der Waals surface area (Å²) in [4.78, 5) is 42.1. The van der Waals surface area contributed by atoms with E-state index in [1.165, 1.54) is 17.0 Å². The van der Waals surface area contributed by atoms with E-state index in [2.05, 4.69) is 4.98 Å². The highest BCUT2D eigenvalue weighted by molar-refractivity contribution is 5.87. The summed E-state index contributed by atoms with van der Waals surface area (Å²) in [6.45, 7) is 4.04. The summed E-state index contributed by atoms with van der Waals surface area (Å²) in [6, 6.07) is 6.89. The van der Waals surface area contributed by atoms with Crippen LogP contribution >= 0.6 is 0 Å². The highest BCUT2D eigenvalue weighted by Crippen LogP contribution is 2.25. The molecule has 1 atom stereocenters. The number of carbonyl (C=O) groups is 1. The maximum Gasteiger partial charge on any atom is 0.332 e. The molecule has 160 valence electrons. The SMILES string of the molecule is CC[C@H](CC(=O)O)n1c(=O)c2ccncc2n(Cc2cn(C)c3cccc(C)c23)c1=O. The monoisotopic (exact) mass is 420 g/mol. The third-order valence-electron chi connectivity index (χ3n) is 5.85. The molecule has 0 spiro atoms. The molecule has 0 saturated heterocycles. The first-order chi connectivity index (χ1) is 14.8. The zero-order valence-corrected chi connectivity index (χ0v) is 17.7. The normalized spacial score (nSPS) is 12.5. The largest absolute Gasteiger partial charge is 0.481 e. The molecule has 1 N–H and O–H groups in total. The second kappa shape index (κ2) is 7.86. The van der Waals surface area contributed by atoms with Gasteiger partial charge >= 0.3 is 11.7 Å². The molecule has 0 unspecified atom stereocenters. The van der Waals surface area contributed by atoms with Gasteiger partial charge in [0, 0.05) is 30.3 Å². The minimum absolute atomic E-state index is 0.243. The first-order valence-corrected chi connectivity index (χ1v) is 10.2. The number of pyridine rings is 1. The Bertz CT molecular complexity index is 1430. The lowest BCUT2D eigenvalue weighted by atomic mass is 10.1. The number of aliphatic carboxylic acids is 1. The third-order valence-corrected chi connectivity index (χ3v) is 5.85. The predicted molar refractivity (Wildman–Crippen MR) is 119 cm³/mol. The molecule has 3 aromatic heterocycles. The Morgan fingerprint density at radius 1 is 1.19 bits per heavy atom. The topological polar surface area (TPSA) is 99.1 Å². The number of fused-ring (bicyclic) bond motifs is 2. The number of aromatic nitrogens is 4. The van der Waals surface area contributed by atoms with Crippen LogP contribution in [0.4, 0.5) is 0 Å². The summed E-state index contributed by atoms with van der Waals surface area (Å²) in [6.07, 6.45) is 5.05. The van der Waals surface area contributed by atoms with Crippen molar-refractivity contribution in [1.29, 1.82) is 0 Å². The zero-order chi connectivity index (χ0) is 22.3. The van der Waals surface area contributed by atoms with Crippen LogP contribution in [0.15, 0.2) is 52.4 Å². The number of carboxylic acid groups (broad SMARTS) is 1. The fraction of sp³-hybridized carbons (Fsp3) is 0.304. The summed E-state index contributed by atoms with van der Waals surface area (Å²) < 4.78 is 4.63. The highest BCUT2D eigenvalue weighted by atomic mass is 16.4. The Labute approximate surface area is 178 Å². The van der Waals surface area contributed by atoms with Gasteiger partial charge in [0.25, 0.3) is 5.56 Å². The lowest BCUT2D eigenvalue weighted by Gasteiger charge is -2.19. The Morgan fingerprint density at radius 3 is 2.68 bits per heavy atom. The van der Waals surface area contributed by atoms with E-state index in [9.17, 15) is 19.5 Å².